The molecule has 1 fully saturated rings. The molecule has 0 unspecified atom stereocenters. The van der Waals surface area contributed by atoms with E-state index in [1.807, 2.05) is 39.5 Å². The number of urea groups is 1. The lowest BCUT2D eigenvalue weighted by Crippen LogP contribution is -2.57. The van der Waals surface area contributed by atoms with Crippen LogP contribution in [0.25, 0.3) is 0 Å². The Labute approximate surface area is 111 Å². The van der Waals surface area contributed by atoms with Crippen molar-refractivity contribution in [2.24, 2.45) is 5.73 Å². The fourth-order valence-electron chi connectivity index (χ4n) is 2.09. The zero-order valence-electron chi connectivity index (χ0n) is 12.4. The topological polar surface area (TPSA) is 61.6 Å². The van der Waals surface area contributed by atoms with E-state index in [4.69, 9.17) is 5.73 Å². The fourth-order valence-corrected chi connectivity index (χ4v) is 2.09. The summed E-state index contributed by atoms with van der Waals surface area (Å²) >= 11 is 0. The average Bonchev–Trinajstić information content (AvgIpc) is 2.13. The number of nitrogens with zero attached hydrogens (tertiary/aromatic N) is 2. The molecule has 18 heavy (non-hydrogen) atoms. The van der Waals surface area contributed by atoms with Crippen molar-refractivity contribution in [1.29, 1.82) is 0 Å². The molecular weight excluding hydrogens is 228 g/mol. The molecule has 1 rings (SSSR count). The van der Waals surface area contributed by atoms with E-state index in [1.54, 1.807) is 0 Å². The molecule has 106 valence electrons. The maximum absolute atomic E-state index is 12.0. The largest absolute Gasteiger partial charge is 0.333 e. The average molecular weight is 256 g/mol. The highest BCUT2D eigenvalue weighted by Gasteiger charge is 2.25. The molecule has 5 heteroatoms. The highest BCUT2D eigenvalue weighted by Crippen LogP contribution is 2.08. The van der Waals surface area contributed by atoms with Gasteiger partial charge in [0.1, 0.15) is 0 Å². The van der Waals surface area contributed by atoms with Crippen LogP contribution in [-0.4, -0.2) is 59.6 Å². The Kier molecular flexibility index (Phi) is 4.61. The lowest BCUT2D eigenvalue weighted by Gasteiger charge is -2.38. The quantitative estimate of drug-likeness (QED) is 0.770. The zero-order valence-corrected chi connectivity index (χ0v) is 12.4. The van der Waals surface area contributed by atoms with Gasteiger partial charge in [0.05, 0.1) is 0 Å². The van der Waals surface area contributed by atoms with Crippen LogP contribution in [-0.2, 0) is 0 Å². The first-order chi connectivity index (χ1) is 8.07. The van der Waals surface area contributed by atoms with Gasteiger partial charge in [-0.2, -0.15) is 0 Å². The van der Waals surface area contributed by atoms with Crippen molar-refractivity contribution in [3.63, 3.8) is 0 Å². The first kappa shape index (κ1) is 15.2. The van der Waals surface area contributed by atoms with Crippen LogP contribution in [0.15, 0.2) is 0 Å². The fraction of sp³-hybridized carbons (Fsp3) is 0.923. The van der Waals surface area contributed by atoms with Gasteiger partial charge in [-0.3, -0.25) is 4.90 Å². The molecule has 3 N–H and O–H groups in total. The van der Waals surface area contributed by atoms with Gasteiger partial charge < -0.3 is 16.0 Å². The van der Waals surface area contributed by atoms with Crippen molar-refractivity contribution in [2.45, 2.75) is 45.7 Å². The van der Waals surface area contributed by atoms with Crippen LogP contribution < -0.4 is 11.1 Å². The first-order valence-electron chi connectivity index (χ1n) is 6.65. The molecule has 0 aliphatic carbocycles. The van der Waals surface area contributed by atoms with Crippen LogP contribution >= 0.6 is 0 Å². The molecule has 0 aromatic rings. The number of nitrogens with two attached hydrogens (primary N) is 1. The Morgan fingerprint density at radius 2 is 1.61 bits per heavy atom. The molecule has 5 nitrogen and oxygen atoms in total. The Bertz CT molecular complexity index is 282. The summed E-state index contributed by atoms with van der Waals surface area (Å²) in [7, 11) is 0. The number of hydrogen-bond donors (Lipinski definition) is 2. The van der Waals surface area contributed by atoms with Crippen molar-refractivity contribution < 1.29 is 4.79 Å². The molecular formula is C13H28N4O. The smallest absolute Gasteiger partial charge is 0.317 e. The van der Waals surface area contributed by atoms with E-state index in [1.165, 1.54) is 0 Å². The highest BCUT2D eigenvalue weighted by molar-refractivity contribution is 5.75. The SMILES string of the molecule is CC(C)(N)CN1CCN(C(=O)NC(C)(C)C)CC1. The predicted octanol–water partition coefficient (Wildman–Crippen LogP) is 0.849. The van der Waals surface area contributed by atoms with Gasteiger partial charge in [-0.25, -0.2) is 4.79 Å². The van der Waals surface area contributed by atoms with Crippen LogP contribution in [0.4, 0.5) is 4.79 Å². The summed E-state index contributed by atoms with van der Waals surface area (Å²) in [6.07, 6.45) is 0. The van der Waals surface area contributed by atoms with Crippen molar-refractivity contribution in [1.82, 2.24) is 15.1 Å². The van der Waals surface area contributed by atoms with E-state index in [-0.39, 0.29) is 17.1 Å². The summed E-state index contributed by atoms with van der Waals surface area (Å²) in [4.78, 5) is 16.2. The minimum atomic E-state index is -0.173. The van der Waals surface area contributed by atoms with Crippen LogP contribution in [0.3, 0.4) is 0 Å². The zero-order chi connectivity index (χ0) is 14.0. The van der Waals surface area contributed by atoms with Gasteiger partial charge in [0.2, 0.25) is 0 Å². The van der Waals surface area contributed by atoms with Gasteiger partial charge in [-0.05, 0) is 34.6 Å². The molecule has 0 aromatic heterocycles. The lowest BCUT2D eigenvalue weighted by atomic mass is 10.1. The third kappa shape index (κ3) is 5.69. The molecule has 0 bridgehead atoms. The third-order valence-corrected chi connectivity index (χ3v) is 2.77. The standard InChI is InChI=1S/C13H28N4O/c1-12(2,3)15-11(18)17-8-6-16(7-9-17)10-13(4,5)14/h6-10,14H2,1-5H3,(H,15,18). The maximum atomic E-state index is 12.0. The minimum Gasteiger partial charge on any atom is -0.333 e. The molecule has 1 aliphatic rings. The number of carbonyl (C=O) groups excluding carboxylic acids is 1. The van der Waals surface area contributed by atoms with Crippen molar-refractivity contribution in [2.75, 3.05) is 32.7 Å². The normalized spacial score (nSPS) is 18.9. The van der Waals surface area contributed by atoms with E-state index < -0.39 is 0 Å². The number of hydrogen-bond acceptors (Lipinski definition) is 3. The van der Waals surface area contributed by atoms with Crippen molar-refractivity contribution in [3.8, 4) is 0 Å². The second kappa shape index (κ2) is 5.45. The Balaban J connectivity index is 2.37. The number of piperazine rings is 1. The molecule has 1 saturated heterocycles. The second-order valence-electron chi connectivity index (χ2n) is 6.93. The summed E-state index contributed by atoms with van der Waals surface area (Å²) in [6.45, 7) is 14.3. The van der Waals surface area contributed by atoms with Crippen molar-refractivity contribution in [3.05, 3.63) is 0 Å². The van der Waals surface area contributed by atoms with E-state index in [0.717, 1.165) is 32.7 Å². The van der Waals surface area contributed by atoms with Gasteiger partial charge in [-0.15, -0.1) is 0 Å². The van der Waals surface area contributed by atoms with Gasteiger partial charge in [0.25, 0.3) is 0 Å². The molecule has 0 aromatic carbocycles. The lowest BCUT2D eigenvalue weighted by molar-refractivity contribution is 0.122. The van der Waals surface area contributed by atoms with Crippen LogP contribution in [0, 0.1) is 0 Å². The monoisotopic (exact) mass is 256 g/mol. The van der Waals surface area contributed by atoms with Gasteiger partial charge in [0, 0.05) is 43.8 Å². The van der Waals surface area contributed by atoms with Crippen LogP contribution in [0.1, 0.15) is 34.6 Å². The highest BCUT2D eigenvalue weighted by atomic mass is 16.2. The molecule has 1 heterocycles. The van der Waals surface area contributed by atoms with Crippen molar-refractivity contribution >= 4 is 6.03 Å². The van der Waals surface area contributed by atoms with E-state index in [2.05, 4.69) is 10.2 Å². The number of rotatable bonds is 2. The Hall–Kier alpha value is -0.810. The number of carbonyl (C=O) groups is 1. The summed E-state index contributed by atoms with van der Waals surface area (Å²) < 4.78 is 0. The summed E-state index contributed by atoms with van der Waals surface area (Å²) in [5.41, 5.74) is 5.67. The number of nitrogens with one attached hydrogen (secondary N) is 1. The first-order valence-corrected chi connectivity index (χ1v) is 6.65. The Morgan fingerprint density at radius 1 is 1.11 bits per heavy atom. The van der Waals surface area contributed by atoms with E-state index in [0.29, 0.717) is 0 Å². The maximum Gasteiger partial charge on any atom is 0.317 e. The molecule has 0 spiro atoms. The molecule has 0 atom stereocenters. The molecule has 2 amide bonds. The predicted molar refractivity (Wildman–Crippen MR) is 74.6 cm³/mol. The van der Waals surface area contributed by atoms with Crippen LogP contribution in [0.5, 0.6) is 0 Å². The summed E-state index contributed by atoms with van der Waals surface area (Å²) in [6, 6.07) is 0.0363. The Morgan fingerprint density at radius 3 is 2.00 bits per heavy atom. The van der Waals surface area contributed by atoms with Crippen LogP contribution in [0.2, 0.25) is 0 Å². The number of amides is 2. The summed E-state index contributed by atoms with van der Waals surface area (Å²) in [5, 5.41) is 3.00. The van der Waals surface area contributed by atoms with E-state index >= 15 is 0 Å². The molecule has 1 aliphatic heterocycles. The molecule has 0 radical (unpaired) electrons. The van der Waals surface area contributed by atoms with E-state index in [9.17, 15) is 4.79 Å². The van der Waals surface area contributed by atoms with Gasteiger partial charge in [0.15, 0.2) is 0 Å². The molecule has 0 saturated carbocycles. The summed E-state index contributed by atoms with van der Waals surface area (Å²) in [5.74, 6) is 0. The second-order valence-corrected chi connectivity index (χ2v) is 6.93. The van der Waals surface area contributed by atoms with Gasteiger partial charge in [-0.1, -0.05) is 0 Å². The third-order valence-electron chi connectivity index (χ3n) is 2.77. The minimum absolute atomic E-state index is 0.0363. The van der Waals surface area contributed by atoms with Gasteiger partial charge >= 0.3 is 6.03 Å².